The van der Waals surface area contributed by atoms with Gasteiger partial charge in [0.1, 0.15) is 0 Å². The molecule has 104 valence electrons. The van der Waals surface area contributed by atoms with E-state index in [1.54, 1.807) is 4.90 Å². The molecule has 0 aliphatic carbocycles. The number of carbonyl (C=O) groups excluding carboxylic acids is 1. The van der Waals surface area contributed by atoms with Crippen LogP contribution in [0.15, 0.2) is 0 Å². The number of rotatable bonds is 4. The predicted molar refractivity (Wildman–Crippen MR) is 69.3 cm³/mol. The number of piperidine rings is 1. The lowest BCUT2D eigenvalue weighted by Gasteiger charge is -2.31. The van der Waals surface area contributed by atoms with Crippen molar-refractivity contribution in [1.29, 1.82) is 0 Å². The molecule has 1 aliphatic rings. The average Bonchev–Trinajstić information content (AvgIpc) is 2.35. The highest BCUT2D eigenvalue weighted by Crippen LogP contribution is 2.16. The Labute approximate surface area is 109 Å². The van der Waals surface area contributed by atoms with Crippen LogP contribution in [-0.2, 0) is 4.79 Å². The van der Waals surface area contributed by atoms with Gasteiger partial charge in [0.15, 0.2) is 0 Å². The lowest BCUT2D eigenvalue weighted by atomic mass is 9.98. The first-order valence-electron chi connectivity index (χ1n) is 6.67. The van der Waals surface area contributed by atoms with Gasteiger partial charge >= 0.3 is 12.0 Å². The summed E-state index contributed by atoms with van der Waals surface area (Å²) < 4.78 is 0. The van der Waals surface area contributed by atoms with E-state index in [0.29, 0.717) is 37.9 Å². The van der Waals surface area contributed by atoms with Gasteiger partial charge in [-0.25, -0.2) is 4.79 Å². The van der Waals surface area contributed by atoms with Crippen LogP contribution >= 0.6 is 0 Å². The van der Waals surface area contributed by atoms with Gasteiger partial charge in [0.2, 0.25) is 0 Å². The van der Waals surface area contributed by atoms with Crippen LogP contribution in [0.5, 0.6) is 0 Å². The molecule has 0 radical (unpaired) electrons. The van der Waals surface area contributed by atoms with Crippen molar-refractivity contribution in [3.8, 4) is 0 Å². The van der Waals surface area contributed by atoms with E-state index in [0.717, 1.165) is 6.42 Å². The van der Waals surface area contributed by atoms with Crippen LogP contribution in [-0.4, -0.2) is 41.6 Å². The monoisotopic (exact) mass is 256 g/mol. The zero-order chi connectivity index (χ0) is 13.7. The molecule has 2 N–H and O–H groups in total. The van der Waals surface area contributed by atoms with E-state index in [1.807, 2.05) is 0 Å². The molecule has 2 atom stereocenters. The molecule has 1 aliphatic heterocycles. The molecule has 1 unspecified atom stereocenters. The second-order valence-corrected chi connectivity index (χ2v) is 5.53. The number of carboxylic acid groups (broad SMARTS) is 1. The van der Waals surface area contributed by atoms with Gasteiger partial charge in [-0.15, -0.1) is 0 Å². The minimum Gasteiger partial charge on any atom is -0.481 e. The van der Waals surface area contributed by atoms with E-state index >= 15 is 0 Å². The van der Waals surface area contributed by atoms with Crippen LogP contribution in [0.4, 0.5) is 4.79 Å². The Kier molecular flexibility index (Phi) is 5.44. The molecule has 0 aromatic carbocycles. The summed E-state index contributed by atoms with van der Waals surface area (Å²) in [6.45, 7) is 7.98. The van der Waals surface area contributed by atoms with Crippen molar-refractivity contribution in [3.63, 3.8) is 0 Å². The second kappa shape index (κ2) is 6.61. The molecule has 1 rings (SSSR count). The number of carbonyl (C=O) groups is 2. The van der Waals surface area contributed by atoms with Gasteiger partial charge < -0.3 is 15.3 Å². The van der Waals surface area contributed by atoms with E-state index in [1.165, 1.54) is 0 Å². The van der Waals surface area contributed by atoms with Crippen LogP contribution in [0.3, 0.4) is 0 Å². The number of nitrogens with zero attached hydrogens (tertiary/aromatic N) is 1. The number of likely N-dealkylation sites (tertiary alicyclic amines) is 1. The largest absolute Gasteiger partial charge is 0.481 e. The van der Waals surface area contributed by atoms with Gasteiger partial charge in [0.25, 0.3) is 0 Å². The Morgan fingerprint density at radius 3 is 2.61 bits per heavy atom. The van der Waals surface area contributed by atoms with Crippen LogP contribution in [0.2, 0.25) is 0 Å². The van der Waals surface area contributed by atoms with Crippen molar-refractivity contribution in [1.82, 2.24) is 10.2 Å². The number of aliphatic carboxylic acids is 1. The van der Waals surface area contributed by atoms with Gasteiger partial charge in [0, 0.05) is 19.6 Å². The van der Waals surface area contributed by atoms with Gasteiger partial charge in [-0.2, -0.15) is 0 Å². The molecule has 0 spiro atoms. The van der Waals surface area contributed by atoms with Crippen molar-refractivity contribution in [2.75, 3.05) is 19.6 Å². The molecule has 2 amide bonds. The van der Waals surface area contributed by atoms with Gasteiger partial charge in [-0.1, -0.05) is 20.8 Å². The van der Waals surface area contributed by atoms with Gasteiger partial charge in [0.05, 0.1) is 5.92 Å². The van der Waals surface area contributed by atoms with E-state index in [4.69, 9.17) is 5.11 Å². The summed E-state index contributed by atoms with van der Waals surface area (Å²) in [5, 5.41) is 11.9. The topological polar surface area (TPSA) is 69.6 Å². The Morgan fingerprint density at radius 2 is 2.06 bits per heavy atom. The first kappa shape index (κ1) is 14.8. The van der Waals surface area contributed by atoms with E-state index in [9.17, 15) is 9.59 Å². The Morgan fingerprint density at radius 1 is 1.39 bits per heavy atom. The molecular formula is C13H24N2O3. The summed E-state index contributed by atoms with van der Waals surface area (Å²) >= 11 is 0. The summed E-state index contributed by atoms with van der Waals surface area (Å²) in [4.78, 5) is 24.5. The van der Waals surface area contributed by atoms with E-state index < -0.39 is 11.9 Å². The number of hydrogen-bond donors (Lipinski definition) is 2. The zero-order valence-corrected chi connectivity index (χ0v) is 11.5. The number of hydrogen-bond acceptors (Lipinski definition) is 2. The Balaban J connectivity index is 2.39. The molecule has 1 saturated heterocycles. The lowest BCUT2D eigenvalue weighted by Crippen LogP contribution is -2.48. The second-order valence-electron chi connectivity index (χ2n) is 5.53. The molecule has 1 fully saturated rings. The lowest BCUT2D eigenvalue weighted by molar-refractivity contribution is -0.143. The molecule has 5 heteroatoms. The fourth-order valence-electron chi connectivity index (χ4n) is 1.96. The summed E-state index contributed by atoms with van der Waals surface area (Å²) in [7, 11) is 0. The van der Waals surface area contributed by atoms with Crippen molar-refractivity contribution < 1.29 is 14.7 Å². The first-order chi connectivity index (χ1) is 8.41. The predicted octanol–water partition coefficient (Wildman–Crippen LogP) is 1.78. The molecule has 0 aromatic heterocycles. The minimum atomic E-state index is -0.803. The maximum absolute atomic E-state index is 11.9. The maximum atomic E-state index is 11.9. The standard InChI is InChI=1S/C13H24N2O3/c1-9(2)10(3)7-14-13(18)15-6-4-5-11(8-15)12(16)17/h9-11H,4-8H2,1-3H3,(H,14,18)(H,16,17)/t10?,11-/m1/s1. The summed E-state index contributed by atoms with van der Waals surface area (Å²) in [5.41, 5.74) is 0. The van der Waals surface area contributed by atoms with Crippen molar-refractivity contribution >= 4 is 12.0 Å². The molecule has 1 heterocycles. The van der Waals surface area contributed by atoms with Gasteiger partial charge in [-0.3, -0.25) is 4.79 Å². The van der Waals surface area contributed by atoms with Crippen molar-refractivity contribution in [2.24, 2.45) is 17.8 Å². The SMILES string of the molecule is CC(C)C(C)CNC(=O)N1CCC[C@@H](C(=O)O)C1. The van der Waals surface area contributed by atoms with Crippen molar-refractivity contribution in [3.05, 3.63) is 0 Å². The quantitative estimate of drug-likeness (QED) is 0.805. The van der Waals surface area contributed by atoms with Crippen molar-refractivity contribution in [2.45, 2.75) is 33.6 Å². The smallest absolute Gasteiger partial charge is 0.317 e. The molecule has 18 heavy (non-hydrogen) atoms. The third kappa shape index (κ3) is 4.20. The molecule has 5 nitrogen and oxygen atoms in total. The highest BCUT2D eigenvalue weighted by molar-refractivity contribution is 5.76. The molecular weight excluding hydrogens is 232 g/mol. The number of amides is 2. The Hall–Kier alpha value is -1.26. The third-order valence-electron chi connectivity index (χ3n) is 3.77. The minimum absolute atomic E-state index is 0.131. The van der Waals surface area contributed by atoms with Gasteiger partial charge in [-0.05, 0) is 24.7 Å². The fourth-order valence-corrected chi connectivity index (χ4v) is 1.96. The molecule has 0 saturated carbocycles. The normalized spacial score (nSPS) is 21.8. The number of carboxylic acids is 1. The summed E-state index contributed by atoms with van der Waals surface area (Å²) in [6.07, 6.45) is 1.44. The fraction of sp³-hybridized carbons (Fsp3) is 0.846. The Bertz CT molecular complexity index is 305. The van der Waals surface area contributed by atoms with Crippen LogP contribution in [0.1, 0.15) is 33.6 Å². The molecule has 0 aromatic rings. The van der Waals surface area contributed by atoms with E-state index in [2.05, 4.69) is 26.1 Å². The first-order valence-corrected chi connectivity index (χ1v) is 6.67. The zero-order valence-electron chi connectivity index (χ0n) is 11.5. The third-order valence-corrected chi connectivity index (χ3v) is 3.77. The highest BCUT2D eigenvalue weighted by Gasteiger charge is 2.28. The molecule has 0 bridgehead atoms. The van der Waals surface area contributed by atoms with Crippen LogP contribution in [0.25, 0.3) is 0 Å². The summed E-state index contributed by atoms with van der Waals surface area (Å²) in [6, 6.07) is -0.131. The van der Waals surface area contributed by atoms with Crippen LogP contribution in [0, 0.1) is 17.8 Å². The van der Waals surface area contributed by atoms with E-state index in [-0.39, 0.29) is 6.03 Å². The number of urea groups is 1. The maximum Gasteiger partial charge on any atom is 0.317 e. The highest BCUT2D eigenvalue weighted by atomic mass is 16.4. The number of nitrogens with one attached hydrogen (secondary N) is 1. The van der Waals surface area contributed by atoms with Crippen LogP contribution < -0.4 is 5.32 Å². The summed E-state index contributed by atoms with van der Waals surface area (Å²) in [5.74, 6) is -0.262. The average molecular weight is 256 g/mol.